The van der Waals surface area contributed by atoms with E-state index in [2.05, 4.69) is 0 Å². The smallest absolute Gasteiger partial charge is 0.327 e. The van der Waals surface area contributed by atoms with E-state index in [0.29, 0.717) is 13.1 Å². The summed E-state index contributed by atoms with van der Waals surface area (Å²) in [5.74, 6) is 0.694. The van der Waals surface area contributed by atoms with Crippen LogP contribution in [-0.4, -0.2) is 47.0 Å². The zero-order chi connectivity index (χ0) is 15.0. The second kappa shape index (κ2) is 5.39. The maximum Gasteiger partial charge on any atom is 0.327 e. The molecule has 2 saturated heterocycles. The first-order valence-corrected chi connectivity index (χ1v) is 7.41. The van der Waals surface area contributed by atoms with Crippen LogP contribution in [0.2, 0.25) is 0 Å². The van der Waals surface area contributed by atoms with Crippen LogP contribution in [-0.2, 0) is 4.79 Å². The number of amides is 3. The van der Waals surface area contributed by atoms with E-state index in [0.717, 1.165) is 24.2 Å². The molecule has 5 nitrogen and oxygen atoms in total. The van der Waals surface area contributed by atoms with Crippen molar-refractivity contribution in [2.75, 3.05) is 13.1 Å². The molecule has 2 fully saturated rings. The van der Waals surface area contributed by atoms with Crippen molar-refractivity contribution in [3.63, 3.8) is 0 Å². The van der Waals surface area contributed by atoms with E-state index in [1.165, 1.54) is 4.90 Å². The van der Waals surface area contributed by atoms with Gasteiger partial charge in [-0.1, -0.05) is 12.1 Å². The number of fused-ring (bicyclic) bond motifs is 1. The van der Waals surface area contributed by atoms with Crippen molar-refractivity contribution >= 4 is 11.9 Å². The Bertz CT molecular complexity index is 550. The second-order valence-electron chi connectivity index (χ2n) is 5.83. The molecule has 0 unspecified atom stereocenters. The van der Waals surface area contributed by atoms with Crippen LogP contribution in [0, 0.1) is 6.92 Å². The summed E-state index contributed by atoms with van der Waals surface area (Å²) in [6.07, 6.45) is 1.49. The first-order valence-electron chi connectivity index (χ1n) is 7.41. The molecule has 0 spiro atoms. The zero-order valence-electron chi connectivity index (χ0n) is 12.4. The van der Waals surface area contributed by atoms with Gasteiger partial charge in [-0.15, -0.1) is 0 Å². The van der Waals surface area contributed by atoms with Gasteiger partial charge in [-0.2, -0.15) is 0 Å². The van der Waals surface area contributed by atoms with E-state index in [-0.39, 0.29) is 24.1 Å². The van der Waals surface area contributed by atoms with Gasteiger partial charge in [-0.25, -0.2) is 4.79 Å². The van der Waals surface area contributed by atoms with Gasteiger partial charge < -0.3 is 9.64 Å². The van der Waals surface area contributed by atoms with Crippen molar-refractivity contribution in [1.29, 1.82) is 0 Å². The van der Waals surface area contributed by atoms with Crippen LogP contribution in [0.5, 0.6) is 5.75 Å². The summed E-state index contributed by atoms with van der Waals surface area (Å²) in [4.78, 5) is 27.5. The number of hydrogen-bond donors (Lipinski definition) is 0. The number of nitrogens with zero attached hydrogens (tertiary/aromatic N) is 2. The van der Waals surface area contributed by atoms with Crippen LogP contribution in [0.25, 0.3) is 0 Å². The highest BCUT2D eigenvalue weighted by Crippen LogP contribution is 2.27. The molecule has 2 heterocycles. The molecular weight excluding hydrogens is 268 g/mol. The van der Waals surface area contributed by atoms with Gasteiger partial charge in [-0.05, 0) is 44.4 Å². The minimum atomic E-state index is -0.233. The maximum atomic E-state index is 12.2. The van der Waals surface area contributed by atoms with Crippen LogP contribution in [0.1, 0.15) is 25.3 Å². The molecule has 2 aliphatic heterocycles. The number of benzene rings is 1. The molecule has 0 saturated carbocycles. The predicted octanol–water partition coefficient (Wildman–Crippen LogP) is 2.19. The molecule has 112 valence electrons. The summed E-state index contributed by atoms with van der Waals surface area (Å²) in [6.45, 7) is 4.88. The Morgan fingerprint density at radius 2 is 2.19 bits per heavy atom. The van der Waals surface area contributed by atoms with Crippen molar-refractivity contribution in [2.24, 2.45) is 0 Å². The van der Waals surface area contributed by atoms with E-state index >= 15 is 0 Å². The largest absolute Gasteiger partial charge is 0.489 e. The summed E-state index contributed by atoms with van der Waals surface area (Å²) in [5.41, 5.74) is 1.12. The van der Waals surface area contributed by atoms with Crippen LogP contribution < -0.4 is 4.74 Å². The number of carbonyl (C=O) groups excluding carboxylic acids is 2. The van der Waals surface area contributed by atoms with E-state index in [9.17, 15) is 9.59 Å². The van der Waals surface area contributed by atoms with Gasteiger partial charge in [0.05, 0.1) is 6.54 Å². The predicted molar refractivity (Wildman–Crippen MR) is 78.1 cm³/mol. The lowest BCUT2D eigenvalue weighted by Gasteiger charge is -2.21. The lowest BCUT2D eigenvalue weighted by molar-refractivity contribution is -0.128. The van der Waals surface area contributed by atoms with E-state index in [4.69, 9.17) is 4.74 Å². The monoisotopic (exact) mass is 288 g/mol. The quantitative estimate of drug-likeness (QED) is 0.798. The van der Waals surface area contributed by atoms with Crippen LogP contribution >= 0.6 is 0 Å². The molecule has 0 radical (unpaired) electrons. The minimum Gasteiger partial charge on any atom is -0.489 e. The molecule has 1 aromatic rings. The number of hydrogen-bond acceptors (Lipinski definition) is 3. The summed E-state index contributed by atoms with van der Waals surface area (Å²) in [5, 5.41) is 0. The Balaban J connectivity index is 1.64. The van der Waals surface area contributed by atoms with Crippen LogP contribution in [0.4, 0.5) is 4.79 Å². The normalized spacial score (nSPS) is 22.7. The lowest BCUT2D eigenvalue weighted by atomic mass is 10.2. The lowest BCUT2D eigenvalue weighted by Crippen LogP contribution is -2.39. The van der Waals surface area contributed by atoms with Crippen LogP contribution in [0.15, 0.2) is 24.3 Å². The number of rotatable bonds is 4. The van der Waals surface area contributed by atoms with Gasteiger partial charge in [0.15, 0.2) is 0 Å². The number of carbonyl (C=O) groups is 2. The number of ether oxygens (including phenoxy) is 1. The summed E-state index contributed by atoms with van der Waals surface area (Å²) < 4.78 is 5.81. The molecule has 2 atom stereocenters. The van der Waals surface area contributed by atoms with E-state index in [1.54, 1.807) is 4.90 Å². The third-order valence-electron chi connectivity index (χ3n) is 4.05. The third kappa shape index (κ3) is 2.60. The summed E-state index contributed by atoms with van der Waals surface area (Å²) >= 11 is 0. The van der Waals surface area contributed by atoms with Crippen molar-refractivity contribution < 1.29 is 14.3 Å². The highest BCUT2D eigenvalue weighted by molar-refractivity contribution is 6.04. The molecule has 0 aliphatic carbocycles. The third-order valence-corrected chi connectivity index (χ3v) is 4.05. The van der Waals surface area contributed by atoms with Crippen molar-refractivity contribution in [3.05, 3.63) is 29.8 Å². The maximum absolute atomic E-state index is 12.2. The Hall–Kier alpha value is -2.04. The topological polar surface area (TPSA) is 49.9 Å². The minimum absolute atomic E-state index is 0.0720. The highest BCUT2D eigenvalue weighted by atomic mass is 16.5. The van der Waals surface area contributed by atoms with Gasteiger partial charge in [0.1, 0.15) is 17.9 Å². The molecule has 1 aromatic carbocycles. The summed E-state index contributed by atoms with van der Waals surface area (Å²) in [7, 11) is 0. The molecular formula is C16H20N2O3. The van der Waals surface area contributed by atoms with Crippen LogP contribution in [0.3, 0.4) is 0 Å². The molecule has 3 amide bonds. The van der Waals surface area contributed by atoms with Crippen molar-refractivity contribution in [1.82, 2.24) is 9.80 Å². The van der Waals surface area contributed by atoms with Gasteiger partial charge in [0, 0.05) is 6.54 Å². The molecule has 0 aromatic heterocycles. The van der Waals surface area contributed by atoms with Crippen molar-refractivity contribution in [3.8, 4) is 5.75 Å². The van der Waals surface area contributed by atoms with Gasteiger partial charge >= 0.3 is 6.03 Å². The molecule has 3 rings (SSSR count). The molecule has 5 heteroatoms. The van der Waals surface area contributed by atoms with E-state index in [1.807, 2.05) is 38.1 Å². The average molecular weight is 288 g/mol. The Kier molecular flexibility index (Phi) is 3.57. The first kappa shape index (κ1) is 13.9. The average Bonchev–Trinajstić information content (AvgIpc) is 2.99. The number of aryl methyl sites for hydroxylation is 1. The first-order chi connectivity index (χ1) is 10.1. The highest BCUT2D eigenvalue weighted by Gasteiger charge is 2.47. The number of imide groups is 1. The molecule has 2 aliphatic rings. The molecule has 21 heavy (non-hydrogen) atoms. The fraction of sp³-hybridized carbons (Fsp3) is 0.500. The molecule has 0 N–H and O–H groups in total. The second-order valence-corrected chi connectivity index (χ2v) is 5.83. The van der Waals surface area contributed by atoms with Gasteiger partial charge in [0.2, 0.25) is 0 Å². The summed E-state index contributed by atoms with van der Waals surface area (Å²) in [6, 6.07) is 7.36. The number of urea groups is 1. The Labute approximate surface area is 124 Å². The zero-order valence-corrected chi connectivity index (χ0v) is 12.4. The van der Waals surface area contributed by atoms with Crippen molar-refractivity contribution in [2.45, 2.75) is 38.8 Å². The van der Waals surface area contributed by atoms with E-state index < -0.39 is 0 Å². The van der Waals surface area contributed by atoms with Gasteiger partial charge in [-0.3, -0.25) is 9.69 Å². The SMILES string of the molecule is Cc1cccc(O[C@H](C)CN2C(=O)[C@H]3CCCN3C2=O)c1. The molecule has 0 bridgehead atoms. The van der Waals surface area contributed by atoms with Gasteiger partial charge in [0.25, 0.3) is 5.91 Å². The Morgan fingerprint density at radius 1 is 1.38 bits per heavy atom. The standard InChI is InChI=1S/C16H20N2O3/c1-11-5-3-6-13(9-11)21-12(2)10-18-15(19)14-7-4-8-17(14)16(18)20/h3,5-6,9,12,14H,4,7-8,10H2,1-2H3/t12-,14-/m1/s1. The Morgan fingerprint density at radius 3 is 2.90 bits per heavy atom. The fourth-order valence-corrected chi connectivity index (χ4v) is 3.07. The fourth-order valence-electron chi connectivity index (χ4n) is 3.07.